The highest BCUT2D eigenvalue weighted by Crippen LogP contribution is 2.31. The standard InChI is InChI=1S/C17H21NO2.ClH/c1-13-7-9-14(10-8-13)12-20-17-15(11-18-2)5-4-6-16(17)19-3;/h4-10,18H,11-12H2,1-3H3;1H. The number of hydrogen-bond donors (Lipinski definition) is 1. The van der Waals surface area contributed by atoms with E-state index in [0.29, 0.717) is 6.61 Å². The van der Waals surface area contributed by atoms with E-state index in [-0.39, 0.29) is 12.4 Å². The second-order valence-electron chi connectivity index (χ2n) is 4.75. The Morgan fingerprint density at radius 3 is 2.38 bits per heavy atom. The number of methoxy groups -OCH3 is 1. The molecule has 0 saturated heterocycles. The smallest absolute Gasteiger partial charge is 0.166 e. The molecule has 114 valence electrons. The SMILES string of the molecule is CNCc1cccc(OC)c1OCc1ccc(C)cc1.Cl. The van der Waals surface area contributed by atoms with Crippen LogP contribution in [0.1, 0.15) is 16.7 Å². The summed E-state index contributed by atoms with van der Waals surface area (Å²) in [6, 6.07) is 14.3. The van der Waals surface area contributed by atoms with Gasteiger partial charge in [0.05, 0.1) is 7.11 Å². The van der Waals surface area contributed by atoms with E-state index in [4.69, 9.17) is 9.47 Å². The Labute approximate surface area is 132 Å². The van der Waals surface area contributed by atoms with Crippen molar-refractivity contribution in [3.05, 3.63) is 59.2 Å². The molecular formula is C17H22ClNO2. The summed E-state index contributed by atoms with van der Waals surface area (Å²) in [4.78, 5) is 0. The highest BCUT2D eigenvalue weighted by atomic mass is 35.5. The first-order valence-electron chi connectivity index (χ1n) is 6.73. The van der Waals surface area contributed by atoms with Crippen LogP contribution in [0.15, 0.2) is 42.5 Å². The fourth-order valence-corrected chi connectivity index (χ4v) is 2.06. The normalized spacial score (nSPS) is 9.86. The largest absolute Gasteiger partial charge is 0.493 e. The van der Waals surface area contributed by atoms with Gasteiger partial charge in [0.15, 0.2) is 11.5 Å². The van der Waals surface area contributed by atoms with Crippen molar-refractivity contribution in [3.8, 4) is 11.5 Å². The molecule has 0 heterocycles. The van der Waals surface area contributed by atoms with Crippen molar-refractivity contribution in [2.24, 2.45) is 0 Å². The number of ether oxygens (including phenoxy) is 2. The topological polar surface area (TPSA) is 30.5 Å². The molecule has 0 bridgehead atoms. The molecule has 0 fully saturated rings. The number of para-hydroxylation sites is 1. The maximum Gasteiger partial charge on any atom is 0.166 e. The summed E-state index contributed by atoms with van der Waals surface area (Å²) in [6.07, 6.45) is 0. The molecule has 2 aromatic carbocycles. The van der Waals surface area contributed by atoms with Crippen LogP contribution in [0.4, 0.5) is 0 Å². The van der Waals surface area contributed by atoms with E-state index in [1.807, 2.05) is 25.2 Å². The molecule has 2 aromatic rings. The lowest BCUT2D eigenvalue weighted by Gasteiger charge is -2.15. The number of benzene rings is 2. The first kappa shape index (κ1) is 17.3. The van der Waals surface area contributed by atoms with Crippen molar-refractivity contribution in [3.63, 3.8) is 0 Å². The van der Waals surface area contributed by atoms with E-state index in [1.54, 1.807) is 7.11 Å². The fourth-order valence-electron chi connectivity index (χ4n) is 2.06. The van der Waals surface area contributed by atoms with Crippen LogP contribution in [0, 0.1) is 6.92 Å². The third-order valence-electron chi connectivity index (χ3n) is 3.15. The quantitative estimate of drug-likeness (QED) is 0.882. The summed E-state index contributed by atoms with van der Waals surface area (Å²) in [5.41, 5.74) is 3.50. The molecule has 1 N–H and O–H groups in total. The molecule has 0 aromatic heterocycles. The lowest BCUT2D eigenvalue weighted by atomic mass is 10.1. The number of halogens is 1. The van der Waals surface area contributed by atoms with Crippen molar-refractivity contribution in [2.45, 2.75) is 20.1 Å². The van der Waals surface area contributed by atoms with Gasteiger partial charge in [-0.1, -0.05) is 42.0 Å². The van der Waals surface area contributed by atoms with Crippen molar-refractivity contribution in [1.29, 1.82) is 0 Å². The van der Waals surface area contributed by atoms with Crippen LogP contribution in [0.25, 0.3) is 0 Å². The molecule has 0 saturated carbocycles. The Balaban J connectivity index is 0.00000220. The Hall–Kier alpha value is -1.71. The van der Waals surface area contributed by atoms with Crippen LogP contribution in [0.2, 0.25) is 0 Å². The van der Waals surface area contributed by atoms with Crippen molar-refractivity contribution in [1.82, 2.24) is 5.32 Å². The van der Waals surface area contributed by atoms with Gasteiger partial charge in [-0.15, -0.1) is 12.4 Å². The summed E-state index contributed by atoms with van der Waals surface area (Å²) < 4.78 is 11.4. The molecule has 0 atom stereocenters. The summed E-state index contributed by atoms with van der Waals surface area (Å²) in [7, 11) is 3.58. The van der Waals surface area contributed by atoms with Crippen molar-refractivity contribution < 1.29 is 9.47 Å². The number of hydrogen-bond acceptors (Lipinski definition) is 3. The van der Waals surface area contributed by atoms with Gasteiger partial charge < -0.3 is 14.8 Å². The van der Waals surface area contributed by atoms with Crippen LogP contribution in [0.5, 0.6) is 11.5 Å². The highest BCUT2D eigenvalue weighted by Gasteiger charge is 2.10. The van der Waals surface area contributed by atoms with Gasteiger partial charge >= 0.3 is 0 Å². The number of aryl methyl sites for hydroxylation is 1. The molecule has 0 spiro atoms. The Bertz CT molecular complexity index is 555. The number of nitrogens with one attached hydrogen (secondary N) is 1. The molecule has 0 unspecified atom stereocenters. The lowest BCUT2D eigenvalue weighted by Crippen LogP contribution is -2.08. The van der Waals surface area contributed by atoms with Gasteiger partial charge in [-0.25, -0.2) is 0 Å². The molecular weight excluding hydrogens is 286 g/mol. The summed E-state index contributed by atoms with van der Waals surface area (Å²) in [5, 5.41) is 3.15. The molecule has 0 aliphatic rings. The maximum absolute atomic E-state index is 5.97. The molecule has 2 rings (SSSR count). The minimum atomic E-state index is 0. The monoisotopic (exact) mass is 307 g/mol. The predicted octanol–water partition coefficient (Wildman–Crippen LogP) is 3.72. The first-order chi connectivity index (χ1) is 9.74. The van der Waals surface area contributed by atoms with Crippen LogP contribution in [0.3, 0.4) is 0 Å². The van der Waals surface area contributed by atoms with Gasteiger partial charge in [-0.05, 0) is 25.6 Å². The summed E-state index contributed by atoms with van der Waals surface area (Å²) >= 11 is 0. The first-order valence-corrected chi connectivity index (χ1v) is 6.73. The van der Waals surface area contributed by atoms with E-state index < -0.39 is 0 Å². The molecule has 0 aliphatic carbocycles. The second kappa shape index (κ2) is 8.55. The Morgan fingerprint density at radius 1 is 1.05 bits per heavy atom. The van der Waals surface area contributed by atoms with E-state index >= 15 is 0 Å². The van der Waals surface area contributed by atoms with E-state index in [9.17, 15) is 0 Å². The van der Waals surface area contributed by atoms with Gasteiger partial charge in [0.2, 0.25) is 0 Å². The van der Waals surface area contributed by atoms with Crippen molar-refractivity contribution >= 4 is 12.4 Å². The van der Waals surface area contributed by atoms with Gasteiger partial charge in [-0.3, -0.25) is 0 Å². The average Bonchev–Trinajstić information content (AvgIpc) is 2.47. The Morgan fingerprint density at radius 2 is 1.76 bits per heavy atom. The zero-order chi connectivity index (χ0) is 14.4. The zero-order valence-electron chi connectivity index (χ0n) is 12.7. The van der Waals surface area contributed by atoms with E-state index in [1.165, 1.54) is 5.56 Å². The highest BCUT2D eigenvalue weighted by molar-refractivity contribution is 5.85. The number of rotatable bonds is 6. The summed E-state index contributed by atoms with van der Waals surface area (Å²) in [6.45, 7) is 3.37. The third-order valence-corrected chi connectivity index (χ3v) is 3.15. The molecule has 0 aliphatic heterocycles. The van der Waals surface area contributed by atoms with Gasteiger partial charge in [0.25, 0.3) is 0 Å². The predicted molar refractivity (Wildman–Crippen MR) is 88.5 cm³/mol. The summed E-state index contributed by atoms with van der Waals surface area (Å²) in [5.74, 6) is 1.58. The van der Waals surface area contributed by atoms with E-state index in [2.05, 4.69) is 36.5 Å². The molecule has 4 heteroatoms. The molecule has 21 heavy (non-hydrogen) atoms. The molecule has 0 radical (unpaired) electrons. The minimum Gasteiger partial charge on any atom is -0.493 e. The van der Waals surface area contributed by atoms with Crippen LogP contribution < -0.4 is 14.8 Å². The fraction of sp³-hybridized carbons (Fsp3) is 0.294. The van der Waals surface area contributed by atoms with Gasteiger partial charge in [0, 0.05) is 12.1 Å². The second-order valence-corrected chi connectivity index (χ2v) is 4.75. The lowest BCUT2D eigenvalue weighted by molar-refractivity contribution is 0.281. The van der Waals surface area contributed by atoms with Crippen LogP contribution in [-0.4, -0.2) is 14.2 Å². The average molecular weight is 308 g/mol. The molecule has 3 nitrogen and oxygen atoms in total. The van der Waals surface area contributed by atoms with Crippen LogP contribution >= 0.6 is 12.4 Å². The molecule has 0 amide bonds. The zero-order valence-corrected chi connectivity index (χ0v) is 13.5. The van der Waals surface area contributed by atoms with E-state index in [0.717, 1.165) is 29.2 Å². The van der Waals surface area contributed by atoms with Crippen molar-refractivity contribution in [2.75, 3.05) is 14.2 Å². The maximum atomic E-state index is 5.97. The minimum absolute atomic E-state index is 0. The Kier molecular flexibility index (Phi) is 7.06. The van der Waals surface area contributed by atoms with Crippen LogP contribution in [-0.2, 0) is 13.2 Å². The van der Waals surface area contributed by atoms with Gasteiger partial charge in [-0.2, -0.15) is 0 Å². The van der Waals surface area contributed by atoms with Gasteiger partial charge in [0.1, 0.15) is 6.61 Å². The third kappa shape index (κ3) is 4.66.